The van der Waals surface area contributed by atoms with E-state index in [-0.39, 0.29) is 5.69 Å². The van der Waals surface area contributed by atoms with Crippen LogP contribution in [0, 0.1) is 12.7 Å². The van der Waals surface area contributed by atoms with Gasteiger partial charge in [-0.25, -0.2) is 12.8 Å². The van der Waals surface area contributed by atoms with Gasteiger partial charge in [0.25, 0.3) is 10.0 Å². The minimum Gasteiger partial charge on any atom is -0.324 e. The topological polar surface area (TPSA) is 51.1 Å². The summed E-state index contributed by atoms with van der Waals surface area (Å²) in [6.07, 6.45) is 5.06. The van der Waals surface area contributed by atoms with Crippen molar-refractivity contribution in [3.8, 4) is 5.69 Å². The molecule has 0 fully saturated rings. The number of nitrogens with one attached hydrogen (secondary N) is 1. The van der Waals surface area contributed by atoms with Crippen molar-refractivity contribution in [3.05, 3.63) is 89.3 Å². The zero-order chi connectivity index (χ0) is 17.9. The second-order valence-electron chi connectivity index (χ2n) is 5.61. The largest absolute Gasteiger partial charge is 0.324 e. The number of aryl methyl sites for hydroxylation is 1. The quantitative estimate of drug-likeness (QED) is 0.739. The molecule has 0 saturated heterocycles. The van der Waals surface area contributed by atoms with Gasteiger partial charge in [-0.1, -0.05) is 29.8 Å². The van der Waals surface area contributed by atoms with E-state index in [2.05, 4.69) is 4.72 Å². The summed E-state index contributed by atoms with van der Waals surface area (Å²) in [6, 6.07) is 15.3. The maximum absolute atomic E-state index is 14.0. The lowest BCUT2D eigenvalue weighted by Gasteiger charge is -2.09. The highest BCUT2D eigenvalue weighted by molar-refractivity contribution is 7.95. The Labute approximate surface area is 146 Å². The predicted molar refractivity (Wildman–Crippen MR) is 98.5 cm³/mol. The SMILES string of the molecule is Cc1ccc(/C=C/S(=O)(=O)Nc2cc(-n3cccc3)ccc2F)cc1. The molecule has 6 heteroatoms. The molecule has 0 saturated carbocycles. The fourth-order valence-electron chi connectivity index (χ4n) is 2.29. The van der Waals surface area contributed by atoms with Crippen molar-refractivity contribution >= 4 is 21.8 Å². The molecule has 0 aliphatic rings. The fourth-order valence-corrected chi connectivity index (χ4v) is 3.16. The number of sulfonamides is 1. The Balaban J connectivity index is 1.83. The Morgan fingerprint density at radius 3 is 2.40 bits per heavy atom. The van der Waals surface area contributed by atoms with Gasteiger partial charge < -0.3 is 4.57 Å². The molecule has 0 spiro atoms. The molecule has 25 heavy (non-hydrogen) atoms. The molecule has 0 aliphatic heterocycles. The summed E-state index contributed by atoms with van der Waals surface area (Å²) in [5.74, 6) is -0.636. The Bertz CT molecular complexity index is 992. The van der Waals surface area contributed by atoms with Crippen molar-refractivity contribution in [1.82, 2.24) is 4.57 Å². The average Bonchev–Trinajstić information content (AvgIpc) is 3.11. The normalized spacial score (nSPS) is 11.8. The summed E-state index contributed by atoms with van der Waals surface area (Å²) in [5.41, 5.74) is 2.39. The summed E-state index contributed by atoms with van der Waals surface area (Å²) in [7, 11) is -3.83. The number of rotatable bonds is 5. The van der Waals surface area contributed by atoms with Crippen LogP contribution in [0.3, 0.4) is 0 Å². The van der Waals surface area contributed by atoms with Gasteiger partial charge in [0.15, 0.2) is 0 Å². The fraction of sp³-hybridized carbons (Fsp3) is 0.0526. The Kier molecular flexibility index (Phi) is 4.72. The lowest BCUT2D eigenvalue weighted by molar-refractivity contribution is 0.606. The summed E-state index contributed by atoms with van der Waals surface area (Å²) >= 11 is 0. The van der Waals surface area contributed by atoms with E-state index in [4.69, 9.17) is 0 Å². The standard InChI is InChI=1S/C19H17FN2O2S/c1-15-4-6-16(7-5-15)10-13-25(23,24)21-19-14-17(8-9-18(19)20)22-11-2-3-12-22/h2-14,21H,1H3/b13-10+. The van der Waals surface area contributed by atoms with Gasteiger partial charge >= 0.3 is 0 Å². The van der Waals surface area contributed by atoms with E-state index in [1.54, 1.807) is 23.0 Å². The van der Waals surface area contributed by atoms with Gasteiger partial charge in [0, 0.05) is 18.1 Å². The lowest BCUT2D eigenvalue weighted by atomic mass is 10.2. The van der Waals surface area contributed by atoms with Crippen LogP contribution >= 0.6 is 0 Å². The van der Waals surface area contributed by atoms with Crippen molar-refractivity contribution in [1.29, 1.82) is 0 Å². The molecule has 3 rings (SSSR count). The zero-order valence-corrected chi connectivity index (χ0v) is 14.4. The highest BCUT2D eigenvalue weighted by atomic mass is 32.2. The van der Waals surface area contributed by atoms with Crippen LogP contribution in [-0.2, 0) is 10.0 Å². The van der Waals surface area contributed by atoms with Gasteiger partial charge in [0.1, 0.15) is 5.82 Å². The molecule has 0 aliphatic carbocycles. The Hall–Kier alpha value is -2.86. The highest BCUT2D eigenvalue weighted by Gasteiger charge is 2.11. The maximum Gasteiger partial charge on any atom is 0.255 e. The molecule has 0 bridgehead atoms. The van der Waals surface area contributed by atoms with Gasteiger partial charge in [-0.05, 0) is 48.9 Å². The minimum atomic E-state index is -3.83. The highest BCUT2D eigenvalue weighted by Crippen LogP contribution is 2.21. The van der Waals surface area contributed by atoms with E-state index in [0.717, 1.165) is 16.5 Å². The lowest BCUT2D eigenvalue weighted by Crippen LogP contribution is -2.10. The molecule has 4 nitrogen and oxygen atoms in total. The van der Waals surface area contributed by atoms with Crippen LogP contribution < -0.4 is 4.72 Å². The molecule has 0 amide bonds. The van der Waals surface area contributed by atoms with Gasteiger partial charge in [-0.15, -0.1) is 0 Å². The van der Waals surface area contributed by atoms with Crippen LogP contribution in [-0.4, -0.2) is 13.0 Å². The summed E-state index contributed by atoms with van der Waals surface area (Å²) in [6.45, 7) is 1.95. The van der Waals surface area contributed by atoms with Crippen molar-refractivity contribution in [2.75, 3.05) is 4.72 Å². The smallest absolute Gasteiger partial charge is 0.255 e. The molecule has 0 radical (unpaired) electrons. The van der Waals surface area contributed by atoms with Crippen molar-refractivity contribution in [2.45, 2.75) is 6.92 Å². The number of hydrogen-bond acceptors (Lipinski definition) is 2. The van der Waals surface area contributed by atoms with Crippen molar-refractivity contribution in [3.63, 3.8) is 0 Å². The molecule has 128 valence electrons. The summed E-state index contributed by atoms with van der Waals surface area (Å²) < 4.78 is 42.5. The predicted octanol–water partition coefficient (Wildman–Crippen LogP) is 4.34. The van der Waals surface area contributed by atoms with E-state index in [9.17, 15) is 12.8 Å². The molecule has 3 aromatic rings. The number of benzene rings is 2. The van der Waals surface area contributed by atoms with Gasteiger partial charge in [0.05, 0.1) is 11.1 Å². The second-order valence-corrected chi connectivity index (χ2v) is 7.18. The van der Waals surface area contributed by atoms with Crippen LogP contribution in [0.5, 0.6) is 0 Å². The maximum atomic E-state index is 14.0. The molecule has 0 atom stereocenters. The minimum absolute atomic E-state index is 0.0974. The van der Waals surface area contributed by atoms with E-state index in [0.29, 0.717) is 5.69 Å². The van der Waals surface area contributed by atoms with Crippen molar-refractivity contribution in [2.24, 2.45) is 0 Å². The number of anilines is 1. The second kappa shape index (κ2) is 6.94. The zero-order valence-electron chi connectivity index (χ0n) is 13.6. The monoisotopic (exact) mass is 356 g/mol. The number of halogens is 1. The van der Waals surface area contributed by atoms with Gasteiger partial charge in [0.2, 0.25) is 0 Å². The molecular formula is C19H17FN2O2S. The molecular weight excluding hydrogens is 339 g/mol. The third kappa shape index (κ3) is 4.36. The molecule has 0 unspecified atom stereocenters. The first kappa shape index (κ1) is 17.0. The number of nitrogens with zero attached hydrogens (tertiary/aromatic N) is 1. The third-order valence-electron chi connectivity index (χ3n) is 3.62. The first-order valence-electron chi connectivity index (χ1n) is 7.63. The summed E-state index contributed by atoms with van der Waals surface area (Å²) in [4.78, 5) is 0. The average molecular weight is 356 g/mol. The van der Waals surface area contributed by atoms with Crippen LogP contribution in [0.1, 0.15) is 11.1 Å². The third-order valence-corrected chi connectivity index (χ3v) is 4.62. The molecule has 1 N–H and O–H groups in total. The van der Waals surface area contributed by atoms with E-state index < -0.39 is 15.8 Å². The first-order chi connectivity index (χ1) is 11.9. The number of aromatic nitrogens is 1. The molecule has 2 aromatic carbocycles. The molecule has 1 aromatic heterocycles. The van der Waals surface area contributed by atoms with Crippen molar-refractivity contribution < 1.29 is 12.8 Å². The van der Waals surface area contributed by atoms with Crippen LogP contribution in [0.25, 0.3) is 11.8 Å². The van der Waals surface area contributed by atoms with Crippen LogP contribution in [0.15, 0.2) is 72.4 Å². The van der Waals surface area contributed by atoms with Crippen LogP contribution in [0.2, 0.25) is 0 Å². The Morgan fingerprint density at radius 2 is 1.72 bits per heavy atom. The van der Waals surface area contributed by atoms with Crippen LogP contribution in [0.4, 0.5) is 10.1 Å². The molecule has 1 heterocycles. The first-order valence-corrected chi connectivity index (χ1v) is 9.18. The van der Waals surface area contributed by atoms with Gasteiger partial charge in [-0.3, -0.25) is 4.72 Å². The number of hydrogen-bond donors (Lipinski definition) is 1. The summed E-state index contributed by atoms with van der Waals surface area (Å²) in [5, 5.41) is 1.03. The Morgan fingerprint density at radius 1 is 1.04 bits per heavy atom. The van der Waals surface area contributed by atoms with E-state index in [1.807, 2.05) is 43.3 Å². The van der Waals surface area contributed by atoms with E-state index >= 15 is 0 Å². The van der Waals surface area contributed by atoms with Gasteiger partial charge in [-0.2, -0.15) is 0 Å². The van der Waals surface area contributed by atoms with E-state index in [1.165, 1.54) is 18.2 Å².